The van der Waals surface area contributed by atoms with Crippen molar-refractivity contribution in [3.8, 4) is 0 Å². The summed E-state index contributed by atoms with van der Waals surface area (Å²) in [7, 11) is 0. The van der Waals surface area contributed by atoms with Crippen LogP contribution in [0.3, 0.4) is 0 Å². The number of hydrogen-bond acceptors (Lipinski definition) is 2. The van der Waals surface area contributed by atoms with Gasteiger partial charge < -0.3 is 9.47 Å². The van der Waals surface area contributed by atoms with Gasteiger partial charge in [0, 0.05) is 6.61 Å². The van der Waals surface area contributed by atoms with Crippen molar-refractivity contribution in [1.29, 1.82) is 0 Å². The molecule has 1 aliphatic heterocycles. The van der Waals surface area contributed by atoms with Gasteiger partial charge in [0.05, 0.1) is 18.3 Å². The summed E-state index contributed by atoms with van der Waals surface area (Å²) in [6.07, 6.45) is 26.8. The van der Waals surface area contributed by atoms with Gasteiger partial charge in [-0.2, -0.15) is 0 Å². The van der Waals surface area contributed by atoms with Crippen molar-refractivity contribution >= 4 is 0 Å². The number of rotatable bonds is 7. The lowest BCUT2D eigenvalue weighted by Gasteiger charge is -2.38. The van der Waals surface area contributed by atoms with E-state index in [1.165, 1.54) is 109 Å². The molecule has 0 aromatic carbocycles. The lowest BCUT2D eigenvalue weighted by molar-refractivity contribution is -0.0664. The number of fused-ring (bicyclic) bond motifs is 1. The van der Waals surface area contributed by atoms with Crippen molar-refractivity contribution in [2.45, 2.75) is 141 Å². The molecule has 2 fully saturated rings. The maximum atomic E-state index is 7.05. The third kappa shape index (κ3) is 7.69. The zero-order valence-electron chi connectivity index (χ0n) is 19.5. The number of hydrogen-bond donors (Lipinski definition) is 0. The first-order chi connectivity index (χ1) is 14.3. The third-order valence-corrected chi connectivity index (χ3v) is 7.83. The summed E-state index contributed by atoms with van der Waals surface area (Å²) in [6.45, 7) is 5.31. The molecule has 3 aliphatic rings. The van der Waals surface area contributed by atoms with E-state index < -0.39 is 0 Å². The van der Waals surface area contributed by atoms with Crippen LogP contribution in [0.5, 0.6) is 0 Å². The van der Waals surface area contributed by atoms with Gasteiger partial charge in [0.1, 0.15) is 0 Å². The summed E-state index contributed by atoms with van der Waals surface area (Å²) < 4.78 is 13.0. The Hall–Kier alpha value is -0.340. The molecule has 29 heavy (non-hydrogen) atoms. The first-order valence-electron chi connectivity index (χ1n) is 13.3. The summed E-state index contributed by atoms with van der Waals surface area (Å²) in [5, 5.41) is 0. The highest BCUT2D eigenvalue weighted by atomic mass is 16.5. The summed E-state index contributed by atoms with van der Waals surface area (Å²) in [4.78, 5) is 0. The summed E-state index contributed by atoms with van der Waals surface area (Å²) in [5.41, 5.74) is 1.66. The van der Waals surface area contributed by atoms with Crippen LogP contribution in [0.2, 0.25) is 0 Å². The number of ether oxygens (including phenoxy) is 2. The lowest BCUT2D eigenvalue weighted by Crippen LogP contribution is -2.36. The number of allylic oxidation sites excluding steroid dienone is 1. The first-order valence-corrected chi connectivity index (χ1v) is 13.3. The first kappa shape index (κ1) is 23.3. The molecule has 2 nitrogen and oxygen atoms in total. The molecule has 0 bridgehead atoms. The minimum atomic E-state index is 0.420. The van der Waals surface area contributed by atoms with Crippen LogP contribution in [0.4, 0.5) is 0 Å². The molecule has 1 heterocycles. The van der Waals surface area contributed by atoms with E-state index in [0.29, 0.717) is 18.3 Å². The Morgan fingerprint density at radius 3 is 2.52 bits per heavy atom. The van der Waals surface area contributed by atoms with E-state index in [1.807, 2.05) is 0 Å². The maximum absolute atomic E-state index is 7.05. The highest BCUT2D eigenvalue weighted by molar-refractivity contribution is 5.13. The molecule has 1 saturated carbocycles. The predicted octanol–water partition coefficient (Wildman–Crippen LogP) is 8.00. The van der Waals surface area contributed by atoms with Gasteiger partial charge in [0.25, 0.3) is 0 Å². The van der Waals surface area contributed by atoms with Gasteiger partial charge in [-0.1, -0.05) is 64.4 Å². The molecule has 3 rings (SSSR count). The van der Waals surface area contributed by atoms with E-state index in [-0.39, 0.29) is 0 Å². The van der Waals surface area contributed by atoms with Crippen molar-refractivity contribution in [3.05, 3.63) is 11.6 Å². The standard InChI is InChI=1S/C27H48O2/c1-3-5-9-12-22-15-16-23-13-10-7-6-8-11-14-26(29-27(23)21-22)24-17-19-25(20-18-24)28-4-2/h16,22,24-27H,3-15,17-21H2,1-2H3. The summed E-state index contributed by atoms with van der Waals surface area (Å²) in [6, 6.07) is 0. The van der Waals surface area contributed by atoms with Crippen LogP contribution < -0.4 is 0 Å². The van der Waals surface area contributed by atoms with Crippen LogP contribution in [0, 0.1) is 11.8 Å². The van der Waals surface area contributed by atoms with Crippen molar-refractivity contribution in [2.24, 2.45) is 11.8 Å². The molecule has 0 N–H and O–H groups in total. The average Bonchev–Trinajstić information content (AvgIpc) is 2.78. The van der Waals surface area contributed by atoms with Gasteiger partial charge in [-0.05, 0) is 82.1 Å². The summed E-state index contributed by atoms with van der Waals surface area (Å²) >= 11 is 0. The zero-order valence-corrected chi connectivity index (χ0v) is 19.5. The van der Waals surface area contributed by atoms with Gasteiger partial charge in [-0.3, -0.25) is 0 Å². The van der Waals surface area contributed by atoms with Gasteiger partial charge in [-0.15, -0.1) is 0 Å². The van der Waals surface area contributed by atoms with Crippen LogP contribution in [0.25, 0.3) is 0 Å². The van der Waals surface area contributed by atoms with Gasteiger partial charge in [0.2, 0.25) is 0 Å². The maximum Gasteiger partial charge on any atom is 0.0791 e. The Kier molecular flexibility index (Phi) is 10.6. The molecule has 0 spiro atoms. The van der Waals surface area contributed by atoms with Crippen molar-refractivity contribution in [3.63, 3.8) is 0 Å². The molecule has 0 amide bonds. The monoisotopic (exact) mass is 404 g/mol. The molecule has 3 atom stereocenters. The Balaban J connectivity index is 1.62. The van der Waals surface area contributed by atoms with E-state index in [1.54, 1.807) is 5.57 Å². The van der Waals surface area contributed by atoms with Crippen molar-refractivity contribution < 1.29 is 9.47 Å². The van der Waals surface area contributed by atoms with Crippen LogP contribution in [-0.4, -0.2) is 24.9 Å². The fourth-order valence-electron chi connectivity index (χ4n) is 6.02. The predicted molar refractivity (Wildman–Crippen MR) is 123 cm³/mol. The minimum absolute atomic E-state index is 0.420. The van der Waals surface area contributed by atoms with Crippen molar-refractivity contribution in [2.75, 3.05) is 6.61 Å². The number of unbranched alkanes of at least 4 members (excludes halogenated alkanes) is 2. The lowest BCUT2D eigenvalue weighted by atomic mass is 9.80. The van der Waals surface area contributed by atoms with E-state index in [0.717, 1.165) is 18.4 Å². The molecular formula is C27H48O2. The Labute approximate surface area is 181 Å². The summed E-state index contributed by atoms with van der Waals surface area (Å²) in [5.74, 6) is 1.61. The second kappa shape index (κ2) is 13.2. The normalized spacial score (nSPS) is 34.7. The van der Waals surface area contributed by atoms with E-state index >= 15 is 0 Å². The Morgan fingerprint density at radius 1 is 0.931 bits per heavy atom. The molecule has 0 aromatic rings. The zero-order chi connectivity index (χ0) is 20.3. The molecule has 1 saturated heterocycles. The fraction of sp³-hybridized carbons (Fsp3) is 0.926. The van der Waals surface area contributed by atoms with Gasteiger partial charge >= 0.3 is 0 Å². The largest absolute Gasteiger partial charge is 0.379 e. The van der Waals surface area contributed by atoms with Crippen molar-refractivity contribution in [1.82, 2.24) is 0 Å². The van der Waals surface area contributed by atoms with E-state index in [9.17, 15) is 0 Å². The molecule has 2 heteroatoms. The average molecular weight is 405 g/mol. The van der Waals surface area contributed by atoms with Gasteiger partial charge in [0.15, 0.2) is 0 Å². The van der Waals surface area contributed by atoms with Crippen LogP contribution in [0.15, 0.2) is 11.6 Å². The fourth-order valence-corrected chi connectivity index (χ4v) is 6.02. The quantitative estimate of drug-likeness (QED) is 0.316. The minimum Gasteiger partial charge on any atom is -0.379 e. The molecule has 2 aliphatic carbocycles. The van der Waals surface area contributed by atoms with E-state index in [4.69, 9.17) is 9.47 Å². The highest BCUT2D eigenvalue weighted by Crippen LogP contribution is 2.38. The molecule has 3 unspecified atom stereocenters. The smallest absolute Gasteiger partial charge is 0.0791 e. The second-order valence-electron chi connectivity index (χ2n) is 10.1. The van der Waals surface area contributed by atoms with Crippen LogP contribution in [0.1, 0.15) is 123 Å². The molecular weight excluding hydrogens is 356 g/mol. The third-order valence-electron chi connectivity index (χ3n) is 7.83. The van der Waals surface area contributed by atoms with E-state index in [2.05, 4.69) is 19.9 Å². The Bertz CT molecular complexity index is 463. The van der Waals surface area contributed by atoms with Crippen LogP contribution in [-0.2, 0) is 9.47 Å². The SMILES string of the molecule is CCCCCC1CC=C2CCCCCCCC(C3CCC(OCC)CC3)OC2C1. The second-order valence-corrected chi connectivity index (χ2v) is 10.1. The van der Waals surface area contributed by atoms with Gasteiger partial charge in [-0.25, -0.2) is 0 Å². The Morgan fingerprint density at radius 2 is 1.72 bits per heavy atom. The molecule has 168 valence electrons. The topological polar surface area (TPSA) is 18.5 Å². The molecule has 0 radical (unpaired) electrons. The highest BCUT2D eigenvalue weighted by Gasteiger charge is 2.33. The van der Waals surface area contributed by atoms with Crippen LogP contribution >= 0.6 is 0 Å². The molecule has 0 aromatic heterocycles.